The van der Waals surface area contributed by atoms with Crippen LogP contribution >= 0.6 is 0 Å². The van der Waals surface area contributed by atoms with Crippen LogP contribution in [0.3, 0.4) is 0 Å². The molecule has 4 heteroatoms. The molecule has 0 aliphatic heterocycles. The first kappa shape index (κ1) is 11.2. The molecule has 0 aromatic carbocycles. The molecule has 0 amide bonds. The molecule has 88 valence electrons. The van der Waals surface area contributed by atoms with Crippen LogP contribution in [-0.2, 0) is 4.74 Å². The maximum Gasteiger partial charge on any atom is 0.146 e. The molecule has 1 heterocycles. The van der Waals surface area contributed by atoms with E-state index in [1.54, 1.807) is 6.20 Å². The number of nitrogens with zero attached hydrogens (tertiary/aromatic N) is 1. The summed E-state index contributed by atoms with van der Waals surface area (Å²) in [5, 5.41) is 3.22. The second-order valence-electron chi connectivity index (χ2n) is 4.14. The number of pyridine rings is 1. The molecular weight excluding hydrogens is 202 g/mol. The highest BCUT2D eigenvalue weighted by Crippen LogP contribution is 2.20. The van der Waals surface area contributed by atoms with Crippen molar-refractivity contribution < 1.29 is 4.74 Å². The highest BCUT2D eigenvalue weighted by atomic mass is 16.5. The third-order valence-electron chi connectivity index (χ3n) is 2.91. The third kappa shape index (κ3) is 3.10. The maximum absolute atomic E-state index is 5.74. The van der Waals surface area contributed by atoms with E-state index in [0.717, 1.165) is 18.8 Å². The number of hydrogen-bond donors (Lipinski definition) is 2. The van der Waals surface area contributed by atoms with E-state index in [9.17, 15) is 0 Å². The van der Waals surface area contributed by atoms with Gasteiger partial charge in [0.2, 0.25) is 0 Å². The van der Waals surface area contributed by atoms with Crippen molar-refractivity contribution in [2.45, 2.75) is 31.8 Å². The Labute approximate surface area is 96.2 Å². The third-order valence-corrected chi connectivity index (χ3v) is 2.91. The van der Waals surface area contributed by atoms with Gasteiger partial charge in [-0.1, -0.05) is 12.8 Å². The molecule has 3 N–H and O–H groups in total. The second-order valence-corrected chi connectivity index (χ2v) is 4.14. The van der Waals surface area contributed by atoms with E-state index in [2.05, 4.69) is 10.3 Å². The lowest BCUT2D eigenvalue weighted by atomic mass is 10.3. The van der Waals surface area contributed by atoms with Gasteiger partial charge in [0.05, 0.1) is 18.4 Å². The van der Waals surface area contributed by atoms with E-state index in [4.69, 9.17) is 10.5 Å². The zero-order valence-electron chi connectivity index (χ0n) is 9.48. The molecule has 16 heavy (non-hydrogen) atoms. The minimum absolute atomic E-state index is 0.480. The Morgan fingerprint density at radius 2 is 2.25 bits per heavy atom. The lowest BCUT2D eigenvalue weighted by Crippen LogP contribution is -2.16. The van der Waals surface area contributed by atoms with Crippen molar-refractivity contribution in [3.63, 3.8) is 0 Å². The first-order valence-electron chi connectivity index (χ1n) is 5.92. The normalized spacial score (nSPS) is 16.5. The van der Waals surface area contributed by atoms with Crippen molar-refractivity contribution in [1.29, 1.82) is 0 Å². The van der Waals surface area contributed by atoms with Crippen LogP contribution < -0.4 is 11.1 Å². The predicted octanol–water partition coefficient (Wildman–Crippen LogP) is 2.03. The van der Waals surface area contributed by atoms with Gasteiger partial charge in [-0.2, -0.15) is 0 Å². The minimum Gasteiger partial charge on any atom is -0.382 e. The fourth-order valence-electron chi connectivity index (χ4n) is 2.03. The standard InChI is InChI=1S/C12H19N3O/c13-12-11(6-3-7-15-12)14-8-9-16-10-4-1-2-5-10/h3,6-7,10,14H,1-2,4-5,8-9H2,(H2,13,15). The van der Waals surface area contributed by atoms with Gasteiger partial charge in [-0.3, -0.25) is 0 Å². The number of anilines is 2. The van der Waals surface area contributed by atoms with Crippen molar-refractivity contribution in [1.82, 2.24) is 4.98 Å². The molecule has 1 aromatic rings. The molecule has 0 spiro atoms. The number of hydrogen-bond acceptors (Lipinski definition) is 4. The first-order chi connectivity index (χ1) is 7.86. The number of aromatic nitrogens is 1. The summed E-state index contributed by atoms with van der Waals surface area (Å²) in [6.07, 6.45) is 7.23. The second kappa shape index (κ2) is 5.70. The van der Waals surface area contributed by atoms with Gasteiger partial charge in [0, 0.05) is 12.7 Å². The Morgan fingerprint density at radius 3 is 3.00 bits per heavy atom. The largest absolute Gasteiger partial charge is 0.382 e. The molecule has 0 saturated heterocycles. The highest BCUT2D eigenvalue weighted by Gasteiger charge is 2.14. The predicted molar refractivity (Wildman–Crippen MR) is 65.3 cm³/mol. The van der Waals surface area contributed by atoms with Crippen molar-refractivity contribution >= 4 is 11.5 Å². The van der Waals surface area contributed by atoms with Crippen LogP contribution in [0.5, 0.6) is 0 Å². The molecular formula is C12H19N3O. The summed E-state index contributed by atoms with van der Waals surface area (Å²) in [6, 6.07) is 3.80. The Balaban J connectivity index is 1.66. The fraction of sp³-hybridized carbons (Fsp3) is 0.583. The molecule has 0 unspecified atom stereocenters. The highest BCUT2D eigenvalue weighted by molar-refractivity contribution is 5.60. The van der Waals surface area contributed by atoms with E-state index in [1.165, 1.54) is 25.7 Å². The molecule has 4 nitrogen and oxygen atoms in total. The summed E-state index contributed by atoms with van der Waals surface area (Å²) in [6.45, 7) is 1.52. The van der Waals surface area contributed by atoms with Crippen molar-refractivity contribution in [2.75, 3.05) is 24.2 Å². The van der Waals surface area contributed by atoms with Gasteiger partial charge >= 0.3 is 0 Å². The monoisotopic (exact) mass is 221 g/mol. The Hall–Kier alpha value is -1.29. The van der Waals surface area contributed by atoms with Gasteiger partial charge in [-0.05, 0) is 25.0 Å². The van der Waals surface area contributed by atoms with Gasteiger partial charge in [0.25, 0.3) is 0 Å². The van der Waals surface area contributed by atoms with Crippen LogP contribution in [0.25, 0.3) is 0 Å². The molecule has 1 saturated carbocycles. The number of nitrogens with two attached hydrogens (primary N) is 1. The Kier molecular flexibility index (Phi) is 3.99. The van der Waals surface area contributed by atoms with Crippen LogP contribution in [0, 0.1) is 0 Å². The average molecular weight is 221 g/mol. The van der Waals surface area contributed by atoms with E-state index < -0.39 is 0 Å². The van der Waals surface area contributed by atoms with Crippen LogP contribution in [0.4, 0.5) is 11.5 Å². The van der Waals surface area contributed by atoms with Gasteiger partial charge in [0.15, 0.2) is 0 Å². The molecule has 1 aromatic heterocycles. The van der Waals surface area contributed by atoms with Crippen molar-refractivity contribution in [3.8, 4) is 0 Å². The topological polar surface area (TPSA) is 60.2 Å². The van der Waals surface area contributed by atoms with E-state index in [1.807, 2.05) is 12.1 Å². The smallest absolute Gasteiger partial charge is 0.146 e. The molecule has 0 atom stereocenters. The summed E-state index contributed by atoms with van der Waals surface area (Å²) in [5.41, 5.74) is 6.60. The number of rotatable bonds is 5. The molecule has 0 bridgehead atoms. The summed E-state index contributed by atoms with van der Waals surface area (Å²) >= 11 is 0. The van der Waals surface area contributed by atoms with Gasteiger partial charge in [-0.25, -0.2) is 4.98 Å². The molecule has 1 aliphatic carbocycles. The first-order valence-corrected chi connectivity index (χ1v) is 5.92. The zero-order chi connectivity index (χ0) is 11.2. The van der Waals surface area contributed by atoms with Crippen LogP contribution in [0.1, 0.15) is 25.7 Å². The quantitative estimate of drug-likeness (QED) is 0.747. The molecule has 2 rings (SSSR count). The van der Waals surface area contributed by atoms with Gasteiger partial charge < -0.3 is 15.8 Å². The van der Waals surface area contributed by atoms with Gasteiger partial charge in [0.1, 0.15) is 5.82 Å². The van der Waals surface area contributed by atoms with Crippen LogP contribution in [0.15, 0.2) is 18.3 Å². The summed E-state index contributed by atoms with van der Waals surface area (Å²) in [7, 11) is 0. The minimum atomic E-state index is 0.480. The Bertz CT molecular complexity index is 324. The number of nitrogen functional groups attached to an aromatic ring is 1. The van der Waals surface area contributed by atoms with E-state index >= 15 is 0 Å². The van der Waals surface area contributed by atoms with Crippen LogP contribution in [0.2, 0.25) is 0 Å². The summed E-state index contributed by atoms with van der Waals surface area (Å²) in [5.74, 6) is 0.545. The summed E-state index contributed by atoms with van der Waals surface area (Å²) < 4.78 is 5.74. The number of ether oxygens (including phenoxy) is 1. The fourth-order valence-corrected chi connectivity index (χ4v) is 2.03. The average Bonchev–Trinajstić information content (AvgIpc) is 2.79. The lowest BCUT2D eigenvalue weighted by molar-refractivity contribution is 0.0659. The van der Waals surface area contributed by atoms with Crippen molar-refractivity contribution in [3.05, 3.63) is 18.3 Å². The maximum atomic E-state index is 5.74. The van der Waals surface area contributed by atoms with E-state index in [0.29, 0.717) is 11.9 Å². The van der Waals surface area contributed by atoms with Gasteiger partial charge in [-0.15, -0.1) is 0 Å². The Morgan fingerprint density at radius 1 is 1.44 bits per heavy atom. The van der Waals surface area contributed by atoms with Crippen LogP contribution in [-0.4, -0.2) is 24.2 Å². The number of nitrogens with one attached hydrogen (secondary N) is 1. The molecule has 1 fully saturated rings. The van der Waals surface area contributed by atoms with E-state index in [-0.39, 0.29) is 0 Å². The SMILES string of the molecule is Nc1ncccc1NCCOC1CCCC1. The molecule has 1 aliphatic rings. The summed E-state index contributed by atoms with van der Waals surface area (Å²) in [4.78, 5) is 4.01. The molecule has 0 radical (unpaired) electrons. The lowest BCUT2D eigenvalue weighted by Gasteiger charge is -2.12. The van der Waals surface area contributed by atoms with Crippen molar-refractivity contribution in [2.24, 2.45) is 0 Å². The zero-order valence-corrected chi connectivity index (χ0v) is 9.48.